The number of H-pyrrole nitrogens is 1. The summed E-state index contributed by atoms with van der Waals surface area (Å²) in [6, 6.07) is 13.9. The Balaban J connectivity index is 1.68. The quantitative estimate of drug-likeness (QED) is 0.740. The van der Waals surface area contributed by atoms with E-state index in [1.807, 2.05) is 24.3 Å². The van der Waals surface area contributed by atoms with Crippen molar-refractivity contribution in [3.8, 4) is 0 Å². The van der Waals surface area contributed by atoms with E-state index >= 15 is 0 Å². The first-order chi connectivity index (χ1) is 11.4. The van der Waals surface area contributed by atoms with Gasteiger partial charge in [-0.1, -0.05) is 24.3 Å². The Morgan fingerprint density at radius 1 is 1.12 bits per heavy atom. The first kappa shape index (κ1) is 16.2. The zero-order chi connectivity index (χ0) is 17.2. The predicted octanol–water partition coefficient (Wildman–Crippen LogP) is 1.94. The normalized spacial score (nSPS) is 11.5. The molecule has 2 N–H and O–H groups in total. The van der Waals surface area contributed by atoms with E-state index in [9.17, 15) is 13.2 Å². The SMILES string of the molecule is CS(=O)(=O)c1ccccc1C(=O)NCCc1nc2ccccc2[nH]1. The molecule has 0 aliphatic heterocycles. The van der Waals surface area contributed by atoms with Gasteiger partial charge in [-0.3, -0.25) is 4.79 Å². The smallest absolute Gasteiger partial charge is 0.252 e. The van der Waals surface area contributed by atoms with Crippen molar-refractivity contribution >= 4 is 26.8 Å². The molecule has 0 unspecified atom stereocenters. The molecule has 0 fully saturated rings. The summed E-state index contributed by atoms with van der Waals surface area (Å²) < 4.78 is 23.5. The number of nitrogens with one attached hydrogen (secondary N) is 2. The van der Waals surface area contributed by atoms with Gasteiger partial charge in [-0.15, -0.1) is 0 Å². The van der Waals surface area contributed by atoms with E-state index in [1.165, 1.54) is 12.1 Å². The molecule has 2 aromatic carbocycles. The lowest BCUT2D eigenvalue weighted by molar-refractivity contribution is 0.0950. The molecule has 24 heavy (non-hydrogen) atoms. The van der Waals surface area contributed by atoms with Crippen molar-refractivity contribution in [2.75, 3.05) is 12.8 Å². The number of benzene rings is 2. The zero-order valence-corrected chi connectivity index (χ0v) is 13.9. The lowest BCUT2D eigenvalue weighted by Gasteiger charge is -2.08. The topological polar surface area (TPSA) is 91.9 Å². The molecule has 1 amide bonds. The molecule has 0 aliphatic carbocycles. The molecule has 6 nitrogen and oxygen atoms in total. The first-order valence-electron chi connectivity index (χ1n) is 7.46. The summed E-state index contributed by atoms with van der Waals surface area (Å²) in [5.41, 5.74) is 1.98. The van der Waals surface area contributed by atoms with Crippen LogP contribution in [0.4, 0.5) is 0 Å². The van der Waals surface area contributed by atoms with Crippen LogP contribution in [0.15, 0.2) is 53.4 Å². The van der Waals surface area contributed by atoms with Gasteiger partial charge in [-0.25, -0.2) is 13.4 Å². The molecule has 3 aromatic rings. The number of carbonyl (C=O) groups excluding carboxylic acids is 1. The molecule has 0 aliphatic rings. The van der Waals surface area contributed by atoms with E-state index in [0.29, 0.717) is 13.0 Å². The van der Waals surface area contributed by atoms with Gasteiger partial charge in [0.2, 0.25) is 0 Å². The van der Waals surface area contributed by atoms with Crippen molar-refractivity contribution < 1.29 is 13.2 Å². The van der Waals surface area contributed by atoms with Crippen LogP contribution in [-0.2, 0) is 16.3 Å². The summed E-state index contributed by atoms with van der Waals surface area (Å²) >= 11 is 0. The Hall–Kier alpha value is -2.67. The van der Waals surface area contributed by atoms with Gasteiger partial charge in [0.1, 0.15) is 5.82 Å². The number of sulfone groups is 1. The number of hydrogen-bond acceptors (Lipinski definition) is 4. The van der Waals surface area contributed by atoms with E-state index in [-0.39, 0.29) is 10.5 Å². The maximum Gasteiger partial charge on any atom is 0.252 e. The Labute approximate surface area is 139 Å². The highest BCUT2D eigenvalue weighted by Crippen LogP contribution is 2.15. The lowest BCUT2D eigenvalue weighted by atomic mass is 10.2. The van der Waals surface area contributed by atoms with Crippen LogP contribution in [-0.4, -0.2) is 37.1 Å². The van der Waals surface area contributed by atoms with Gasteiger partial charge in [0.05, 0.1) is 21.5 Å². The number of nitrogens with zero attached hydrogens (tertiary/aromatic N) is 1. The molecular weight excluding hydrogens is 326 g/mol. The summed E-state index contributed by atoms with van der Waals surface area (Å²) in [6.07, 6.45) is 1.62. The highest BCUT2D eigenvalue weighted by molar-refractivity contribution is 7.90. The fourth-order valence-corrected chi connectivity index (χ4v) is 3.38. The van der Waals surface area contributed by atoms with Crippen molar-refractivity contribution in [3.05, 3.63) is 59.9 Å². The number of amides is 1. The second-order valence-corrected chi connectivity index (χ2v) is 7.46. The Kier molecular flexibility index (Phi) is 4.35. The molecule has 124 valence electrons. The fraction of sp³-hybridized carbons (Fsp3) is 0.176. The molecule has 3 rings (SSSR count). The summed E-state index contributed by atoms with van der Waals surface area (Å²) in [5, 5.41) is 2.74. The van der Waals surface area contributed by atoms with Crippen LogP contribution in [0.1, 0.15) is 16.2 Å². The lowest BCUT2D eigenvalue weighted by Crippen LogP contribution is -2.27. The molecule has 0 bridgehead atoms. The number of hydrogen-bond donors (Lipinski definition) is 2. The zero-order valence-electron chi connectivity index (χ0n) is 13.1. The molecule has 0 radical (unpaired) electrons. The van der Waals surface area contributed by atoms with E-state index in [2.05, 4.69) is 15.3 Å². The number of aromatic amines is 1. The summed E-state index contributed by atoms with van der Waals surface area (Å²) in [7, 11) is -3.45. The molecule has 0 spiro atoms. The summed E-state index contributed by atoms with van der Waals surface area (Å²) in [4.78, 5) is 19.9. The van der Waals surface area contributed by atoms with Crippen molar-refractivity contribution in [2.45, 2.75) is 11.3 Å². The van der Waals surface area contributed by atoms with Crippen molar-refractivity contribution in [1.82, 2.24) is 15.3 Å². The van der Waals surface area contributed by atoms with E-state index < -0.39 is 15.7 Å². The maximum absolute atomic E-state index is 12.3. The second kappa shape index (κ2) is 6.45. The molecule has 7 heteroatoms. The third kappa shape index (κ3) is 3.46. The molecule has 0 saturated heterocycles. The number of para-hydroxylation sites is 2. The molecular formula is C17H17N3O3S. The van der Waals surface area contributed by atoms with Crippen LogP contribution >= 0.6 is 0 Å². The van der Waals surface area contributed by atoms with Gasteiger partial charge >= 0.3 is 0 Å². The maximum atomic E-state index is 12.3. The fourth-order valence-electron chi connectivity index (χ4n) is 2.49. The standard InChI is InChI=1S/C17H17N3O3S/c1-24(22,23)15-9-5-2-6-12(15)17(21)18-11-10-16-19-13-7-3-4-8-14(13)20-16/h2-9H,10-11H2,1H3,(H,18,21)(H,19,20). The van der Waals surface area contributed by atoms with Gasteiger partial charge < -0.3 is 10.3 Å². The second-order valence-electron chi connectivity index (χ2n) is 5.47. The highest BCUT2D eigenvalue weighted by atomic mass is 32.2. The minimum Gasteiger partial charge on any atom is -0.352 e. The number of carbonyl (C=O) groups is 1. The van der Waals surface area contributed by atoms with Crippen LogP contribution in [0.3, 0.4) is 0 Å². The third-order valence-electron chi connectivity index (χ3n) is 3.62. The van der Waals surface area contributed by atoms with Gasteiger partial charge in [0, 0.05) is 19.2 Å². The average molecular weight is 343 g/mol. The molecule has 1 aromatic heterocycles. The van der Waals surface area contributed by atoms with Crippen LogP contribution in [0.2, 0.25) is 0 Å². The summed E-state index contributed by atoms with van der Waals surface area (Å²) in [6.45, 7) is 0.358. The first-order valence-corrected chi connectivity index (χ1v) is 9.35. The number of imidazole rings is 1. The Bertz CT molecular complexity index is 960. The molecule has 1 heterocycles. The van der Waals surface area contributed by atoms with E-state index in [4.69, 9.17) is 0 Å². The van der Waals surface area contributed by atoms with E-state index in [1.54, 1.807) is 12.1 Å². The number of rotatable bonds is 5. The van der Waals surface area contributed by atoms with Gasteiger partial charge in [0.25, 0.3) is 5.91 Å². The third-order valence-corrected chi connectivity index (χ3v) is 4.77. The van der Waals surface area contributed by atoms with Crippen LogP contribution in [0.25, 0.3) is 11.0 Å². The monoisotopic (exact) mass is 343 g/mol. The number of aromatic nitrogens is 2. The minimum absolute atomic E-state index is 0.0336. The van der Waals surface area contributed by atoms with Crippen molar-refractivity contribution in [1.29, 1.82) is 0 Å². The molecule has 0 atom stereocenters. The highest BCUT2D eigenvalue weighted by Gasteiger charge is 2.17. The van der Waals surface area contributed by atoms with E-state index in [0.717, 1.165) is 23.1 Å². The Morgan fingerprint density at radius 3 is 2.58 bits per heavy atom. The average Bonchev–Trinajstić information content (AvgIpc) is 2.96. The van der Waals surface area contributed by atoms with Crippen LogP contribution in [0, 0.1) is 0 Å². The largest absolute Gasteiger partial charge is 0.352 e. The van der Waals surface area contributed by atoms with Crippen LogP contribution < -0.4 is 5.32 Å². The van der Waals surface area contributed by atoms with Crippen molar-refractivity contribution in [3.63, 3.8) is 0 Å². The Morgan fingerprint density at radius 2 is 1.83 bits per heavy atom. The number of fused-ring (bicyclic) bond motifs is 1. The molecule has 0 saturated carbocycles. The van der Waals surface area contributed by atoms with Crippen molar-refractivity contribution in [2.24, 2.45) is 0 Å². The predicted molar refractivity (Wildman–Crippen MR) is 91.7 cm³/mol. The minimum atomic E-state index is -3.45. The summed E-state index contributed by atoms with van der Waals surface area (Å²) in [5.74, 6) is 0.361. The van der Waals surface area contributed by atoms with Crippen LogP contribution in [0.5, 0.6) is 0 Å². The van der Waals surface area contributed by atoms with Gasteiger partial charge in [-0.2, -0.15) is 0 Å². The van der Waals surface area contributed by atoms with Gasteiger partial charge in [-0.05, 0) is 24.3 Å². The van der Waals surface area contributed by atoms with Gasteiger partial charge in [0.15, 0.2) is 9.84 Å².